The van der Waals surface area contributed by atoms with Gasteiger partial charge in [-0.15, -0.1) is 0 Å². The Hall–Kier alpha value is -2.82. The van der Waals surface area contributed by atoms with Crippen molar-refractivity contribution in [2.24, 2.45) is 5.10 Å². The van der Waals surface area contributed by atoms with Crippen LogP contribution in [0.3, 0.4) is 0 Å². The second-order valence-corrected chi connectivity index (χ2v) is 6.31. The fraction of sp³-hybridized carbons (Fsp3) is 0.167. The zero-order chi connectivity index (χ0) is 19.8. The highest BCUT2D eigenvalue weighted by atomic mass is 127. The molecule has 9 heteroatoms. The van der Waals surface area contributed by atoms with Crippen LogP contribution in [0.5, 0.6) is 17.2 Å². The molecule has 0 saturated carbocycles. The summed E-state index contributed by atoms with van der Waals surface area (Å²) in [6.45, 7) is -0.474. The monoisotopic (exact) mass is 484 g/mol. The summed E-state index contributed by atoms with van der Waals surface area (Å²) in [5.74, 6) is -0.0929. The van der Waals surface area contributed by atoms with Crippen LogP contribution in [0.25, 0.3) is 0 Å². The number of ether oxygens (including phenoxy) is 3. The van der Waals surface area contributed by atoms with Crippen molar-refractivity contribution >= 4 is 40.7 Å². The lowest BCUT2D eigenvalue weighted by molar-refractivity contribution is -0.139. The molecule has 2 rings (SSSR count). The number of carboxylic acid groups (broad SMARTS) is 1. The summed E-state index contributed by atoms with van der Waals surface area (Å²) in [6.07, 6.45) is 1.45. The minimum atomic E-state index is -1.08. The minimum absolute atomic E-state index is 0.333. The highest BCUT2D eigenvalue weighted by molar-refractivity contribution is 14.1. The van der Waals surface area contributed by atoms with Crippen molar-refractivity contribution < 1.29 is 28.9 Å². The molecule has 0 aromatic heterocycles. The largest absolute Gasteiger partial charge is 0.497 e. The van der Waals surface area contributed by atoms with Crippen molar-refractivity contribution in [2.45, 2.75) is 0 Å². The van der Waals surface area contributed by atoms with Crippen LogP contribution in [0, 0.1) is 3.57 Å². The van der Waals surface area contributed by atoms with Crippen LogP contribution in [-0.2, 0) is 4.79 Å². The van der Waals surface area contributed by atoms with Crippen LogP contribution in [0.2, 0.25) is 0 Å². The number of nitrogens with one attached hydrogen (secondary N) is 1. The Bertz CT molecular complexity index is 852. The second-order valence-electron chi connectivity index (χ2n) is 5.14. The van der Waals surface area contributed by atoms with Gasteiger partial charge in [-0.1, -0.05) is 0 Å². The molecule has 2 N–H and O–H groups in total. The van der Waals surface area contributed by atoms with Gasteiger partial charge in [0.05, 0.1) is 24.0 Å². The highest BCUT2D eigenvalue weighted by Gasteiger charge is 2.12. The predicted molar refractivity (Wildman–Crippen MR) is 107 cm³/mol. The van der Waals surface area contributed by atoms with Crippen molar-refractivity contribution in [3.05, 3.63) is 51.1 Å². The number of halogens is 1. The van der Waals surface area contributed by atoms with Gasteiger partial charge >= 0.3 is 5.97 Å². The molecule has 0 unspecified atom stereocenters. The lowest BCUT2D eigenvalue weighted by atomic mass is 10.2. The third-order valence-electron chi connectivity index (χ3n) is 3.32. The summed E-state index contributed by atoms with van der Waals surface area (Å²) >= 11 is 2.00. The van der Waals surface area contributed by atoms with Gasteiger partial charge in [0.15, 0.2) is 18.1 Å². The van der Waals surface area contributed by atoms with Gasteiger partial charge in [0.2, 0.25) is 0 Å². The molecule has 0 fully saturated rings. The normalized spacial score (nSPS) is 10.5. The smallest absolute Gasteiger partial charge is 0.341 e. The van der Waals surface area contributed by atoms with E-state index in [-0.39, 0.29) is 5.91 Å². The molecule has 0 saturated heterocycles. The van der Waals surface area contributed by atoms with Crippen molar-refractivity contribution in [1.82, 2.24) is 5.43 Å². The fourth-order valence-electron chi connectivity index (χ4n) is 2.06. The number of carbonyl (C=O) groups is 2. The number of hydrogen-bond acceptors (Lipinski definition) is 6. The number of carboxylic acids is 1. The van der Waals surface area contributed by atoms with E-state index >= 15 is 0 Å². The fourth-order valence-corrected chi connectivity index (χ4v) is 2.84. The molecule has 1 amide bonds. The summed E-state index contributed by atoms with van der Waals surface area (Å²) in [5, 5.41) is 12.7. The lowest BCUT2D eigenvalue weighted by Crippen LogP contribution is -2.17. The number of nitrogens with zero attached hydrogens (tertiary/aromatic N) is 1. The maximum absolute atomic E-state index is 12.1. The van der Waals surface area contributed by atoms with E-state index in [0.29, 0.717) is 31.9 Å². The molecular weight excluding hydrogens is 467 g/mol. The summed E-state index contributed by atoms with van der Waals surface area (Å²) in [7, 11) is 3.00. The van der Waals surface area contributed by atoms with Gasteiger partial charge in [0, 0.05) is 5.56 Å². The summed E-state index contributed by atoms with van der Waals surface area (Å²) in [4.78, 5) is 22.7. The van der Waals surface area contributed by atoms with Crippen molar-refractivity contribution in [2.75, 3.05) is 20.8 Å². The first kappa shape index (κ1) is 20.5. The topological polar surface area (TPSA) is 106 Å². The molecule has 2 aromatic carbocycles. The lowest BCUT2D eigenvalue weighted by Gasteiger charge is -2.12. The van der Waals surface area contributed by atoms with Crippen LogP contribution in [0.15, 0.2) is 41.5 Å². The van der Waals surface area contributed by atoms with Gasteiger partial charge in [-0.3, -0.25) is 4.79 Å². The summed E-state index contributed by atoms with van der Waals surface area (Å²) in [5.41, 5.74) is 3.52. The maximum atomic E-state index is 12.1. The predicted octanol–water partition coefficient (Wildman–Crippen LogP) is 2.54. The molecule has 8 nitrogen and oxygen atoms in total. The van der Waals surface area contributed by atoms with Crippen molar-refractivity contribution in [3.8, 4) is 17.2 Å². The van der Waals surface area contributed by atoms with Crippen LogP contribution in [0.4, 0.5) is 0 Å². The minimum Gasteiger partial charge on any atom is -0.497 e. The molecule has 0 aliphatic rings. The molecule has 142 valence electrons. The Labute approximate surface area is 169 Å². The SMILES string of the molecule is COc1ccc(C(=O)N/N=C\c2cc(I)c(OCC(=O)O)c(OC)c2)cc1. The van der Waals surface area contributed by atoms with E-state index in [1.807, 2.05) is 22.6 Å². The Morgan fingerprint density at radius 2 is 1.89 bits per heavy atom. The Balaban J connectivity index is 2.08. The Kier molecular flexibility index (Phi) is 7.41. The molecule has 27 heavy (non-hydrogen) atoms. The van der Waals surface area contributed by atoms with Gasteiger partial charge in [0.25, 0.3) is 5.91 Å². The number of hydrogen-bond donors (Lipinski definition) is 2. The number of rotatable bonds is 8. The van der Waals surface area contributed by atoms with E-state index in [0.717, 1.165) is 0 Å². The van der Waals surface area contributed by atoms with E-state index in [9.17, 15) is 9.59 Å². The Morgan fingerprint density at radius 3 is 2.48 bits per heavy atom. The zero-order valence-corrected chi connectivity index (χ0v) is 16.7. The van der Waals surface area contributed by atoms with E-state index in [2.05, 4.69) is 10.5 Å². The van der Waals surface area contributed by atoms with Crippen molar-refractivity contribution in [1.29, 1.82) is 0 Å². The standard InChI is InChI=1S/C18H17IN2O6/c1-25-13-5-3-12(4-6-13)18(24)21-20-9-11-7-14(19)17(15(8-11)26-2)27-10-16(22)23/h3-9H,10H2,1-2H3,(H,21,24)(H,22,23)/b20-9-. The zero-order valence-electron chi connectivity index (χ0n) is 14.6. The van der Waals surface area contributed by atoms with Gasteiger partial charge < -0.3 is 19.3 Å². The third-order valence-corrected chi connectivity index (χ3v) is 4.12. The molecule has 0 bridgehead atoms. The number of methoxy groups -OCH3 is 2. The van der Waals surface area contributed by atoms with Gasteiger partial charge in [-0.25, -0.2) is 10.2 Å². The van der Waals surface area contributed by atoms with E-state index in [4.69, 9.17) is 19.3 Å². The first-order valence-corrected chi connectivity index (χ1v) is 8.72. The first-order chi connectivity index (χ1) is 12.9. The summed E-state index contributed by atoms with van der Waals surface area (Å²) < 4.78 is 16.2. The molecule has 0 spiro atoms. The van der Waals surface area contributed by atoms with E-state index < -0.39 is 12.6 Å². The first-order valence-electron chi connectivity index (χ1n) is 7.64. The number of aliphatic carboxylic acids is 1. The highest BCUT2D eigenvalue weighted by Crippen LogP contribution is 2.33. The third kappa shape index (κ3) is 5.84. The second kappa shape index (κ2) is 9.76. The van der Waals surface area contributed by atoms with Crippen molar-refractivity contribution in [3.63, 3.8) is 0 Å². The average molecular weight is 484 g/mol. The van der Waals surface area contributed by atoms with Crippen LogP contribution in [0.1, 0.15) is 15.9 Å². The van der Waals surface area contributed by atoms with Gasteiger partial charge in [-0.2, -0.15) is 5.10 Å². The van der Waals surface area contributed by atoms with Gasteiger partial charge in [0.1, 0.15) is 5.75 Å². The van der Waals surface area contributed by atoms with Crippen LogP contribution >= 0.6 is 22.6 Å². The van der Waals surface area contributed by atoms with Gasteiger partial charge in [-0.05, 0) is 64.6 Å². The molecular formula is C18H17IN2O6. The molecule has 0 radical (unpaired) electrons. The molecule has 0 heterocycles. The number of hydrazone groups is 1. The van der Waals surface area contributed by atoms with Crippen LogP contribution < -0.4 is 19.6 Å². The number of benzene rings is 2. The molecule has 0 aliphatic carbocycles. The van der Waals surface area contributed by atoms with E-state index in [1.54, 1.807) is 43.5 Å². The number of carbonyl (C=O) groups excluding carboxylic acids is 1. The van der Waals surface area contributed by atoms with E-state index in [1.165, 1.54) is 13.3 Å². The quantitative estimate of drug-likeness (QED) is 0.339. The Morgan fingerprint density at radius 1 is 1.19 bits per heavy atom. The van der Waals surface area contributed by atoms with Crippen LogP contribution in [-0.4, -0.2) is 44.0 Å². The summed E-state index contributed by atoms with van der Waals surface area (Å²) in [6, 6.07) is 9.98. The number of amides is 1. The maximum Gasteiger partial charge on any atom is 0.341 e. The molecule has 0 atom stereocenters. The molecule has 0 aliphatic heterocycles. The average Bonchev–Trinajstić information content (AvgIpc) is 2.66. The molecule has 2 aromatic rings.